The van der Waals surface area contributed by atoms with Crippen molar-refractivity contribution in [3.63, 3.8) is 0 Å². The Labute approximate surface area is 190 Å². The van der Waals surface area contributed by atoms with Crippen LogP contribution in [0.3, 0.4) is 0 Å². The van der Waals surface area contributed by atoms with Gasteiger partial charge in [0, 0.05) is 18.8 Å². The van der Waals surface area contributed by atoms with Crippen LogP contribution in [0.4, 0.5) is 21.5 Å². The van der Waals surface area contributed by atoms with Crippen LogP contribution in [0.15, 0.2) is 36.4 Å². The molecule has 0 saturated carbocycles. The number of carboxylic acid groups (broad SMARTS) is 1. The number of nitrogens with one attached hydrogen (secondary N) is 1. The third-order valence-corrected chi connectivity index (χ3v) is 5.25. The van der Waals surface area contributed by atoms with E-state index in [0.29, 0.717) is 53.8 Å². The Morgan fingerprint density at radius 1 is 1.12 bits per heavy atom. The molecule has 5 nitrogen and oxygen atoms in total. The lowest BCUT2D eigenvalue weighted by molar-refractivity contribution is -0.137. The second-order valence-corrected chi connectivity index (χ2v) is 9.11. The molecule has 0 radical (unpaired) electrons. The van der Waals surface area contributed by atoms with Crippen molar-refractivity contribution in [2.75, 3.05) is 23.3 Å². The van der Waals surface area contributed by atoms with Crippen molar-refractivity contribution in [3.05, 3.63) is 53.3 Å². The SMILES string of the molecule is CCC(CC(=O)O)c1cc(F)c(N(CC(C)C)CC(C)C)c(Nc2ccc(C#N)cc2)c1. The number of aliphatic carboxylic acids is 1. The molecule has 32 heavy (non-hydrogen) atoms. The van der Waals surface area contributed by atoms with E-state index >= 15 is 4.39 Å². The first kappa shape index (κ1) is 25.2. The maximum Gasteiger partial charge on any atom is 0.303 e. The molecule has 0 amide bonds. The van der Waals surface area contributed by atoms with Crippen molar-refractivity contribution in [1.82, 2.24) is 0 Å². The molecule has 172 valence electrons. The number of carboxylic acids is 1. The van der Waals surface area contributed by atoms with E-state index in [1.165, 1.54) is 6.07 Å². The third kappa shape index (κ3) is 6.98. The topological polar surface area (TPSA) is 76.4 Å². The fourth-order valence-electron chi connectivity index (χ4n) is 3.90. The summed E-state index contributed by atoms with van der Waals surface area (Å²) in [6.45, 7) is 11.7. The fraction of sp³-hybridized carbons (Fsp3) is 0.462. The highest BCUT2D eigenvalue weighted by Gasteiger charge is 2.23. The summed E-state index contributed by atoms with van der Waals surface area (Å²) in [7, 11) is 0. The highest BCUT2D eigenvalue weighted by molar-refractivity contribution is 5.77. The maximum absolute atomic E-state index is 15.6. The van der Waals surface area contributed by atoms with Crippen LogP contribution in [-0.4, -0.2) is 24.2 Å². The smallest absolute Gasteiger partial charge is 0.303 e. The van der Waals surface area contributed by atoms with Crippen LogP contribution < -0.4 is 10.2 Å². The molecule has 0 bridgehead atoms. The van der Waals surface area contributed by atoms with Gasteiger partial charge in [0.15, 0.2) is 0 Å². The Morgan fingerprint density at radius 3 is 2.19 bits per heavy atom. The van der Waals surface area contributed by atoms with Crippen LogP contribution in [0.25, 0.3) is 0 Å². The lowest BCUT2D eigenvalue weighted by atomic mass is 9.92. The number of carbonyl (C=O) groups is 1. The van der Waals surface area contributed by atoms with Gasteiger partial charge in [-0.15, -0.1) is 0 Å². The third-order valence-electron chi connectivity index (χ3n) is 5.25. The molecule has 2 N–H and O–H groups in total. The highest BCUT2D eigenvalue weighted by Crippen LogP contribution is 2.37. The van der Waals surface area contributed by atoms with Gasteiger partial charge < -0.3 is 15.3 Å². The van der Waals surface area contributed by atoms with Crippen LogP contribution in [-0.2, 0) is 4.79 Å². The first-order valence-corrected chi connectivity index (χ1v) is 11.2. The summed E-state index contributed by atoms with van der Waals surface area (Å²) in [5.41, 5.74) is 3.05. The summed E-state index contributed by atoms with van der Waals surface area (Å²) >= 11 is 0. The van der Waals surface area contributed by atoms with Gasteiger partial charge in [-0.25, -0.2) is 4.39 Å². The molecule has 0 heterocycles. The predicted octanol–water partition coefficient (Wildman–Crippen LogP) is 6.53. The van der Waals surface area contributed by atoms with Gasteiger partial charge in [0.1, 0.15) is 5.82 Å². The minimum atomic E-state index is -0.899. The Kier molecular flexibility index (Phi) is 9.07. The summed E-state index contributed by atoms with van der Waals surface area (Å²) in [6.07, 6.45) is 0.552. The molecular formula is C26H34FN3O2. The zero-order chi connectivity index (χ0) is 23.8. The van der Waals surface area contributed by atoms with Crippen molar-refractivity contribution in [1.29, 1.82) is 5.26 Å². The number of anilines is 3. The number of benzene rings is 2. The minimum Gasteiger partial charge on any atom is -0.481 e. The normalized spacial score (nSPS) is 12.0. The Balaban J connectivity index is 2.60. The Bertz CT molecular complexity index is 939. The van der Waals surface area contributed by atoms with Crippen LogP contribution in [0.2, 0.25) is 0 Å². The maximum atomic E-state index is 15.6. The number of rotatable bonds is 11. The van der Waals surface area contributed by atoms with Gasteiger partial charge in [-0.05, 0) is 66.1 Å². The molecule has 2 aromatic carbocycles. The Morgan fingerprint density at radius 2 is 1.72 bits per heavy atom. The summed E-state index contributed by atoms with van der Waals surface area (Å²) in [4.78, 5) is 13.4. The van der Waals surface area contributed by atoms with Crippen molar-refractivity contribution >= 4 is 23.0 Å². The van der Waals surface area contributed by atoms with E-state index in [0.717, 1.165) is 5.69 Å². The van der Waals surface area contributed by atoms with Crippen LogP contribution in [0.5, 0.6) is 0 Å². The molecule has 2 rings (SSSR count). The van der Waals surface area contributed by atoms with Gasteiger partial charge in [-0.2, -0.15) is 5.26 Å². The van der Waals surface area contributed by atoms with Crippen LogP contribution >= 0.6 is 0 Å². The van der Waals surface area contributed by atoms with E-state index in [-0.39, 0.29) is 18.2 Å². The van der Waals surface area contributed by atoms with Gasteiger partial charge in [-0.3, -0.25) is 4.79 Å². The van der Waals surface area contributed by atoms with Gasteiger partial charge in [0.05, 0.1) is 29.4 Å². The van der Waals surface area contributed by atoms with Crippen molar-refractivity contribution in [2.24, 2.45) is 11.8 Å². The molecular weight excluding hydrogens is 405 g/mol. The average Bonchev–Trinajstić information content (AvgIpc) is 2.71. The predicted molar refractivity (Wildman–Crippen MR) is 128 cm³/mol. The van der Waals surface area contributed by atoms with E-state index in [1.54, 1.807) is 24.3 Å². The van der Waals surface area contributed by atoms with E-state index in [4.69, 9.17) is 5.26 Å². The van der Waals surface area contributed by atoms with E-state index in [2.05, 4.69) is 44.0 Å². The highest BCUT2D eigenvalue weighted by atomic mass is 19.1. The number of nitriles is 1. The first-order chi connectivity index (χ1) is 15.1. The summed E-state index contributed by atoms with van der Waals surface area (Å²) in [5, 5.41) is 21.7. The largest absolute Gasteiger partial charge is 0.481 e. The van der Waals surface area contributed by atoms with Gasteiger partial charge in [0.2, 0.25) is 0 Å². The molecule has 0 saturated heterocycles. The van der Waals surface area contributed by atoms with Gasteiger partial charge in [-0.1, -0.05) is 34.6 Å². The molecule has 1 atom stereocenters. The van der Waals surface area contributed by atoms with Crippen molar-refractivity contribution < 1.29 is 14.3 Å². The fourth-order valence-corrected chi connectivity index (χ4v) is 3.90. The number of halogens is 1. The molecule has 1 unspecified atom stereocenters. The van der Waals surface area contributed by atoms with Gasteiger partial charge in [0.25, 0.3) is 0 Å². The molecule has 0 spiro atoms. The van der Waals surface area contributed by atoms with Crippen molar-refractivity contribution in [3.8, 4) is 6.07 Å². The Hall–Kier alpha value is -3.07. The van der Waals surface area contributed by atoms with Gasteiger partial charge >= 0.3 is 5.97 Å². The zero-order valence-electron chi connectivity index (χ0n) is 19.7. The molecule has 0 aliphatic carbocycles. The lowest BCUT2D eigenvalue weighted by Crippen LogP contribution is -2.32. The number of hydrogen-bond acceptors (Lipinski definition) is 4. The average molecular weight is 440 g/mol. The molecule has 6 heteroatoms. The summed E-state index contributed by atoms with van der Waals surface area (Å²) in [5.74, 6) is -0.855. The first-order valence-electron chi connectivity index (χ1n) is 11.2. The lowest BCUT2D eigenvalue weighted by Gasteiger charge is -2.31. The molecule has 0 fully saturated rings. The second kappa shape index (κ2) is 11.5. The molecule has 2 aromatic rings. The standard InChI is InChI=1S/C26H34FN3O2/c1-6-20(13-25(31)32)21-11-23(27)26(30(15-17(2)3)16-18(4)5)24(12-21)29-22-9-7-19(14-28)8-10-22/h7-12,17-18,20,29H,6,13,15-16H2,1-5H3,(H,31,32). The molecule has 0 aromatic heterocycles. The molecule has 0 aliphatic heterocycles. The van der Waals surface area contributed by atoms with E-state index < -0.39 is 5.97 Å². The van der Waals surface area contributed by atoms with Crippen LogP contribution in [0, 0.1) is 29.0 Å². The monoisotopic (exact) mass is 439 g/mol. The summed E-state index contributed by atoms with van der Waals surface area (Å²) < 4.78 is 15.6. The van der Waals surface area contributed by atoms with E-state index in [9.17, 15) is 9.90 Å². The van der Waals surface area contributed by atoms with E-state index in [1.807, 2.05) is 13.0 Å². The second-order valence-electron chi connectivity index (χ2n) is 9.11. The number of nitrogens with zero attached hydrogens (tertiary/aromatic N) is 2. The van der Waals surface area contributed by atoms with Crippen LogP contribution in [0.1, 0.15) is 64.5 Å². The summed E-state index contributed by atoms with van der Waals surface area (Å²) in [6, 6.07) is 12.5. The molecule has 0 aliphatic rings. The van der Waals surface area contributed by atoms with Crippen molar-refractivity contribution in [2.45, 2.75) is 53.4 Å². The zero-order valence-corrected chi connectivity index (χ0v) is 19.7. The number of hydrogen-bond donors (Lipinski definition) is 2. The minimum absolute atomic E-state index is 0.0483. The quantitative estimate of drug-likeness (QED) is 0.416.